The summed E-state index contributed by atoms with van der Waals surface area (Å²) in [6.07, 6.45) is 1.36. The van der Waals surface area contributed by atoms with Crippen molar-refractivity contribution in [3.05, 3.63) is 74.9 Å². The zero-order valence-electron chi connectivity index (χ0n) is 15.4. The highest BCUT2D eigenvalue weighted by Crippen LogP contribution is 2.32. The topological polar surface area (TPSA) is 78.5 Å². The molecular weight excluding hydrogens is 493 g/mol. The fraction of sp³-hybridized carbons (Fsp3) is 0.100. The van der Waals surface area contributed by atoms with Gasteiger partial charge in [-0.2, -0.15) is 0 Å². The van der Waals surface area contributed by atoms with Gasteiger partial charge >= 0.3 is 0 Å². The Morgan fingerprint density at radius 1 is 1.13 bits per heavy atom. The molecule has 0 bridgehead atoms. The van der Waals surface area contributed by atoms with Crippen LogP contribution in [-0.4, -0.2) is 33.5 Å². The average Bonchev–Trinajstić information content (AvgIpc) is 2.99. The van der Waals surface area contributed by atoms with E-state index in [1.54, 1.807) is 42.5 Å². The number of carbonyl (C=O) groups is 3. The lowest BCUT2D eigenvalue weighted by molar-refractivity contribution is -0.124. The Kier molecular flexibility index (Phi) is 7.35. The minimum absolute atomic E-state index is 0.0377. The monoisotopic (exact) mass is 507 g/mol. The highest BCUT2D eigenvalue weighted by molar-refractivity contribution is 9.10. The SMILES string of the molecule is O=C(CCN1C(=O)C(=Cc2ccccc2F)SC1=S)NNC(=O)c1ccccc1Br. The molecule has 2 aromatic rings. The van der Waals surface area contributed by atoms with Crippen molar-refractivity contribution >= 4 is 68.0 Å². The van der Waals surface area contributed by atoms with Gasteiger partial charge in [-0.15, -0.1) is 0 Å². The van der Waals surface area contributed by atoms with Gasteiger partial charge in [-0.05, 0) is 40.2 Å². The van der Waals surface area contributed by atoms with E-state index in [-0.39, 0.29) is 27.8 Å². The van der Waals surface area contributed by atoms with Crippen LogP contribution in [0.25, 0.3) is 6.08 Å². The Bertz CT molecular complexity index is 1060. The Hall–Kier alpha value is -2.56. The van der Waals surface area contributed by atoms with Crippen LogP contribution in [0, 0.1) is 5.82 Å². The summed E-state index contributed by atoms with van der Waals surface area (Å²) in [5.41, 5.74) is 5.28. The van der Waals surface area contributed by atoms with Crippen LogP contribution in [0.5, 0.6) is 0 Å². The van der Waals surface area contributed by atoms with Crippen molar-refractivity contribution in [1.82, 2.24) is 15.8 Å². The first-order valence-electron chi connectivity index (χ1n) is 8.70. The van der Waals surface area contributed by atoms with Crippen molar-refractivity contribution in [1.29, 1.82) is 0 Å². The number of benzene rings is 2. The van der Waals surface area contributed by atoms with E-state index in [0.29, 0.717) is 10.0 Å². The number of rotatable bonds is 5. The summed E-state index contributed by atoms with van der Waals surface area (Å²) >= 11 is 9.52. The number of nitrogens with zero attached hydrogens (tertiary/aromatic N) is 1. The molecule has 2 aromatic carbocycles. The Morgan fingerprint density at radius 2 is 1.83 bits per heavy atom. The summed E-state index contributed by atoms with van der Waals surface area (Å²) in [6, 6.07) is 12.9. The van der Waals surface area contributed by atoms with E-state index < -0.39 is 23.5 Å². The van der Waals surface area contributed by atoms with Gasteiger partial charge in [0.15, 0.2) is 0 Å². The smallest absolute Gasteiger partial charge is 0.270 e. The second-order valence-corrected chi connectivity index (χ2v) is 8.62. The van der Waals surface area contributed by atoms with Crippen molar-refractivity contribution in [2.45, 2.75) is 6.42 Å². The molecule has 154 valence electrons. The lowest BCUT2D eigenvalue weighted by atomic mass is 10.2. The fourth-order valence-corrected chi connectivity index (χ4v) is 4.31. The van der Waals surface area contributed by atoms with Gasteiger partial charge < -0.3 is 0 Å². The molecule has 1 aliphatic heterocycles. The number of nitrogens with one attached hydrogen (secondary N) is 2. The van der Waals surface area contributed by atoms with Gasteiger partial charge in [0.05, 0.1) is 10.5 Å². The molecule has 0 saturated carbocycles. The van der Waals surface area contributed by atoms with Crippen LogP contribution < -0.4 is 10.9 Å². The lowest BCUT2D eigenvalue weighted by Gasteiger charge is -2.14. The minimum Gasteiger partial charge on any atom is -0.292 e. The summed E-state index contributed by atoms with van der Waals surface area (Å²) in [5, 5.41) is 0. The van der Waals surface area contributed by atoms with Gasteiger partial charge in [-0.3, -0.25) is 30.1 Å². The third-order valence-electron chi connectivity index (χ3n) is 4.06. The van der Waals surface area contributed by atoms with Crippen molar-refractivity contribution in [2.24, 2.45) is 0 Å². The molecular formula is C20H15BrFN3O3S2. The second kappa shape index (κ2) is 9.96. The van der Waals surface area contributed by atoms with Gasteiger partial charge in [-0.25, -0.2) is 4.39 Å². The molecule has 0 unspecified atom stereocenters. The Morgan fingerprint density at radius 3 is 2.57 bits per heavy atom. The van der Waals surface area contributed by atoms with Crippen LogP contribution in [-0.2, 0) is 9.59 Å². The van der Waals surface area contributed by atoms with Crippen molar-refractivity contribution in [2.75, 3.05) is 6.54 Å². The number of hydrogen-bond acceptors (Lipinski definition) is 5. The fourth-order valence-electron chi connectivity index (χ4n) is 2.54. The highest BCUT2D eigenvalue weighted by Gasteiger charge is 2.32. The van der Waals surface area contributed by atoms with E-state index in [1.807, 2.05) is 0 Å². The number of carbonyl (C=O) groups excluding carboxylic acids is 3. The van der Waals surface area contributed by atoms with Crippen LogP contribution >= 0.6 is 39.9 Å². The molecule has 0 aromatic heterocycles. The molecule has 1 fully saturated rings. The zero-order chi connectivity index (χ0) is 21.7. The molecule has 30 heavy (non-hydrogen) atoms. The largest absolute Gasteiger partial charge is 0.292 e. The molecule has 3 rings (SSSR count). The maximum atomic E-state index is 13.8. The molecule has 0 spiro atoms. The maximum absolute atomic E-state index is 13.8. The first-order valence-corrected chi connectivity index (χ1v) is 10.7. The molecule has 10 heteroatoms. The normalized spacial score (nSPS) is 14.9. The molecule has 0 atom stereocenters. The standard InChI is InChI=1S/C20H15BrFN3O3S2/c21-14-7-3-2-6-13(14)18(27)24-23-17(26)9-10-25-19(28)16(30-20(25)29)11-12-5-1-4-8-15(12)22/h1-8,11H,9-10H2,(H,23,26)(H,24,27). The predicted octanol–water partition coefficient (Wildman–Crippen LogP) is 3.64. The summed E-state index contributed by atoms with van der Waals surface area (Å²) in [4.78, 5) is 38.3. The Labute approximate surface area is 190 Å². The van der Waals surface area contributed by atoms with E-state index in [0.717, 1.165) is 11.8 Å². The molecule has 0 aliphatic carbocycles. The molecule has 1 heterocycles. The summed E-state index contributed by atoms with van der Waals surface area (Å²) in [5.74, 6) is -1.79. The van der Waals surface area contributed by atoms with E-state index in [9.17, 15) is 18.8 Å². The third-order valence-corrected chi connectivity index (χ3v) is 6.13. The minimum atomic E-state index is -0.484. The number of hydrogen-bond donors (Lipinski definition) is 2. The van der Waals surface area contributed by atoms with Gasteiger partial charge in [0.25, 0.3) is 11.8 Å². The van der Waals surface area contributed by atoms with Gasteiger partial charge in [0.1, 0.15) is 10.1 Å². The molecule has 3 amide bonds. The highest BCUT2D eigenvalue weighted by atomic mass is 79.9. The quantitative estimate of drug-likeness (QED) is 0.367. The van der Waals surface area contributed by atoms with Crippen LogP contribution in [0.1, 0.15) is 22.3 Å². The first kappa shape index (κ1) is 22.1. The number of thiocarbonyl (C=S) groups is 1. The molecule has 1 saturated heterocycles. The number of hydrazine groups is 1. The molecule has 6 nitrogen and oxygen atoms in total. The zero-order valence-corrected chi connectivity index (χ0v) is 18.6. The number of amides is 3. The summed E-state index contributed by atoms with van der Waals surface area (Å²) < 4.78 is 14.7. The van der Waals surface area contributed by atoms with Gasteiger partial charge in [0, 0.05) is 23.0 Å². The van der Waals surface area contributed by atoms with Crippen molar-refractivity contribution < 1.29 is 18.8 Å². The van der Waals surface area contributed by atoms with Crippen LogP contribution in [0.15, 0.2) is 57.9 Å². The number of thioether (sulfide) groups is 1. The van der Waals surface area contributed by atoms with E-state index in [4.69, 9.17) is 12.2 Å². The van der Waals surface area contributed by atoms with Crippen LogP contribution in [0.4, 0.5) is 4.39 Å². The van der Waals surface area contributed by atoms with Crippen molar-refractivity contribution in [3.63, 3.8) is 0 Å². The molecule has 2 N–H and O–H groups in total. The van der Waals surface area contributed by atoms with Gasteiger partial charge in [0.2, 0.25) is 5.91 Å². The summed E-state index contributed by atoms with van der Waals surface area (Å²) in [7, 11) is 0. The summed E-state index contributed by atoms with van der Waals surface area (Å²) in [6.45, 7) is 0.0377. The van der Waals surface area contributed by atoms with Crippen LogP contribution in [0.2, 0.25) is 0 Å². The number of halogens is 2. The maximum Gasteiger partial charge on any atom is 0.270 e. The average molecular weight is 508 g/mol. The predicted molar refractivity (Wildman–Crippen MR) is 121 cm³/mol. The first-order chi connectivity index (χ1) is 14.4. The molecule has 0 radical (unpaired) electrons. The van der Waals surface area contributed by atoms with E-state index >= 15 is 0 Å². The third kappa shape index (κ3) is 5.32. The lowest BCUT2D eigenvalue weighted by Crippen LogP contribution is -2.43. The second-order valence-electron chi connectivity index (χ2n) is 6.09. The van der Waals surface area contributed by atoms with Crippen molar-refractivity contribution in [3.8, 4) is 0 Å². The van der Waals surface area contributed by atoms with E-state index in [2.05, 4.69) is 26.8 Å². The van der Waals surface area contributed by atoms with Crippen LogP contribution in [0.3, 0.4) is 0 Å². The molecule has 1 aliphatic rings. The van der Waals surface area contributed by atoms with Gasteiger partial charge in [-0.1, -0.05) is 54.3 Å². The Balaban J connectivity index is 1.54. The van der Waals surface area contributed by atoms with E-state index in [1.165, 1.54) is 17.0 Å².